The minimum atomic E-state index is -0.800. The van der Waals surface area contributed by atoms with Gasteiger partial charge in [-0.2, -0.15) is 4.80 Å². The molecule has 7 heteroatoms. The van der Waals surface area contributed by atoms with Crippen LogP contribution in [0, 0.1) is 11.8 Å². The summed E-state index contributed by atoms with van der Waals surface area (Å²) in [5.74, 6) is 0.108. The molecule has 2 heterocycles. The zero-order valence-corrected chi connectivity index (χ0v) is 10.9. The molecule has 18 heavy (non-hydrogen) atoms. The van der Waals surface area contributed by atoms with Gasteiger partial charge in [-0.05, 0) is 11.1 Å². The molecule has 2 atom stereocenters. The third-order valence-electron chi connectivity index (χ3n) is 3.81. The Morgan fingerprint density at radius 3 is 2.83 bits per heavy atom. The third kappa shape index (κ3) is 2.22. The van der Waals surface area contributed by atoms with Crippen LogP contribution < -0.4 is 0 Å². The average molecular weight is 253 g/mol. The van der Waals surface area contributed by atoms with E-state index in [4.69, 9.17) is 0 Å². The van der Waals surface area contributed by atoms with Crippen molar-refractivity contribution < 1.29 is 9.90 Å². The Morgan fingerprint density at radius 1 is 1.61 bits per heavy atom. The van der Waals surface area contributed by atoms with Crippen molar-refractivity contribution in [1.82, 2.24) is 25.1 Å². The Bertz CT molecular complexity index is 419. The molecule has 0 aromatic carbocycles. The summed E-state index contributed by atoms with van der Waals surface area (Å²) in [6.07, 6.45) is 1.30. The molecule has 1 amide bonds. The van der Waals surface area contributed by atoms with Crippen LogP contribution in [0.2, 0.25) is 0 Å². The Morgan fingerprint density at radius 2 is 2.33 bits per heavy atom. The van der Waals surface area contributed by atoms with Gasteiger partial charge < -0.3 is 10.0 Å². The van der Waals surface area contributed by atoms with Crippen LogP contribution in [0.25, 0.3) is 0 Å². The quantitative estimate of drug-likeness (QED) is 0.788. The first-order valence-electron chi connectivity index (χ1n) is 6.14. The number of hydrogen-bond donors (Lipinski definition) is 1. The molecule has 100 valence electrons. The summed E-state index contributed by atoms with van der Waals surface area (Å²) >= 11 is 0. The number of tetrazole rings is 1. The van der Waals surface area contributed by atoms with Crippen LogP contribution in [0.3, 0.4) is 0 Å². The molecule has 0 saturated carbocycles. The molecule has 2 rings (SSSR count). The summed E-state index contributed by atoms with van der Waals surface area (Å²) in [6.45, 7) is 6.94. The molecule has 0 bridgehead atoms. The van der Waals surface area contributed by atoms with Crippen LogP contribution in [0.4, 0.5) is 0 Å². The van der Waals surface area contributed by atoms with Crippen molar-refractivity contribution in [3.8, 4) is 0 Å². The van der Waals surface area contributed by atoms with E-state index in [2.05, 4.69) is 15.4 Å². The maximum absolute atomic E-state index is 12.1. The summed E-state index contributed by atoms with van der Waals surface area (Å²) in [4.78, 5) is 15.0. The van der Waals surface area contributed by atoms with Crippen LogP contribution in [0.15, 0.2) is 6.33 Å². The summed E-state index contributed by atoms with van der Waals surface area (Å²) in [6, 6.07) is 0. The third-order valence-corrected chi connectivity index (χ3v) is 3.81. The number of carbonyl (C=O) groups is 1. The number of β-amino-alcohol motifs (C(OH)–C–C–N with tert-alkyl or cyclic N) is 1. The zero-order chi connectivity index (χ0) is 13.3. The van der Waals surface area contributed by atoms with Gasteiger partial charge in [0.1, 0.15) is 6.54 Å². The molecule has 1 fully saturated rings. The molecule has 0 aliphatic carbocycles. The van der Waals surface area contributed by atoms with Gasteiger partial charge in [0.2, 0.25) is 5.91 Å². The second-order valence-electron chi connectivity index (χ2n) is 5.29. The van der Waals surface area contributed by atoms with Crippen molar-refractivity contribution >= 4 is 5.91 Å². The molecule has 0 radical (unpaired) electrons. The monoisotopic (exact) mass is 253 g/mol. The fourth-order valence-corrected chi connectivity index (χ4v) is 2.44. The van der Waals surface area contributed by atoms with Crippen LogP contribution >= 0.6 is 0 Å². The van der Waals surface area contributed by atoms with E-state index in [9.17, 15) is 9.90 Å². The van der Waals surface area contributed by atoms with Crippen LogP contribution in [0.5, 0.6) is 0 Å². The molecule has 1 aliphatic heterocycles. The van der Waals surface area contributed by atoms with Crippen molar-refractivity contribution in [2.75, 3.05) is 13.1 Å². The fourth-order valence-electron chi connectivity index (χ4n) is 2.44. The Labute approximate surface area is 106 Å². The molecule has 0 unspecified atom stereocenters. The molecule has 1 saturated heterocycles. The minimum Gasteiger partial charge on any atom is -0.387 e. The zero-order valence-electron chi connectivity index (χ0n) is 10.9. The molecule has 1 aromatic rings. The molecule has 0 spiro atoms. The van der Waals surface area contributed by atoms with Gasteiger partial charge in [-0.1, -0.05) is 20.8 Å². The van der Waals surface area contributed by atoms with E-state index in [0.717, 1.165) is 0 Å². The minimum absolute atomic E-state index is 0.0703. The highest BCUT2D eigenvalue weighted by atomic mass is 16.3. The highest BCUT2D eigenvalue weighted by Crippen LogP contribution is 2.33. The summed E-state index contributed by atoms with van der Waals surface area (Å²) in [7, 11) is 0. The molecule has 7 nitrogen and oxygen atoms in total. The highest BCUT2D eigenvalue weighted by molar-refractivity contribution is 5.76. The maximum atomic E-state index is 12.1. The van der Waals surface area contributed by atoms with Crippen LogP contribution in [0.1, 0.15) is 20.8 Å². The molecular formula is C11H19N5O2. The number of rotatable bonds is 3. The topological polar surface area (TPSA) is 84.1 Å². The van der Waals surface area contributed by atoms with Gasteiger partial charge >= 0.3 is 0 Å². The lowest BCUT2D eigenvalue weighted by Gasteiger charge is -2.30. The summed E-state index contributed by atoms with van der Waals surface area (Å²) < 4.78 is 0. The average Bonchev–Trinajstić information content (AvgIpc) is 2.89. The van der Waals surface area contributed by atoms with Gasteiger partial charge in [0.25, 0.3) is 0 Å². The number of nitrogens with zero attached hydrogens (tertiary/aromatic N) is 5. The van der Waals surface area contributed by atoms with E-state index in [1.54, 1.807) is 4.90 Å². The highest BCUT2D eigenvalue weighted by Gasteiger charge is 2.46. The second kappa shape index (κ2) is 4.64. The van der Waals surface area contributed by atoms with Crippen molar-refractivity contribution in [2.24, 2.45) is 11.8 Å². The van der Waals surface area contributed by atoms with E-state index in [-0.39, 0.29) is 24.3 Å². The number of amides is 1. The van der Waals surface area contributed by atoms with Crippen molar-refractivity contribution in [2.45, 2.75) is 32.9 Å². The van der Waals surface area contributed by atoms with E-state index in [1.807, 2.05) is 20.8 Å². The lowest BCUT2D eigenvalue weighted by Crippen LogP contribution is -2.43. The number of aromatic nitrogens is 4. The number of carbonyl (C=O) groups excluding carboxylic acids is 1. The van der Waals surface area contributed by atoms with E-state index < -0.39 is 5.60 Å². The first-order valence-corrected chi connectivity index (χ1v) is 6.14. The van der Waals surface area contributed by atoms with Crippen LogP contribution in [-0.4, -0.2) is 54.8 Å². The van der Waals surface area contributed by atoms with Gasteiger partial charge in [-0.25, -0.2) is 0 Å². The summed E-state index contributed by atoms with van der Waals surface area (Å²) in [5.41, 5.74) is -0.800. The van der Waals surface area contributed by atoms with Gasteiger partial charge in [0, 0.05) is 12.5 Å². The SMILES string of the molecule is CC(C)[C@]1(O)CN(C(=O)Cn2ncnn2)C[C@H]1C. The predicted octanol–water partition coefficient (Wildman–Crippen LogP) is -0.462. The smallest absolute Gasteiger partial charge is 0.246 e. The standard InChI is InChI=1S/C11H19N5O2/c1-8(2)11(18)6-15(4-9(11)3)10(17)5-16-13-7-12-14-16/h7-9,18H,4-6H2,1-3H3/t9-,11-/m1/s1. The Kier molecular flexibility index (Phi) is 3.34. The lowest BCUT2D eigenvalue weighted by atomic mass is 9.82. The predicted molar refractivity (Wildman–Crippen MR) is 63.3 cm³/mol. The molecule has 1 aromatic heterocycles. The second-order valence-corrected chi connectivity index (χ2v) is 5.29. The van der Waals surface area contributed by atoms with E-state index in [0.29, 0.717) is 13.1 Å². The number of aliphatic hydroxyl groups is 1. The van der Waals surface area contributed by atoms with E-state index in [1.165, 1.54) is 11.1 Å². The van der Waals surface area contributed by atoms with Gasteiger partial charge in [0.05, 0.1) is 12.1 Å². The fraction of sp³-hybridized carbons (Fsp3) is 0.818. The molecule has 1 aliphatic rings. The maximum Gasteiger partial charge on any atom is 0.246 e. The summed E-state index contributed by atoms with van der Waals surface area (Å²) in [5, 5.41) is 21.6. The molecule has 1 N–H and O–H groups in total. The Hall–Kier alpha value is -1.50. The van der Waals surface area contributed by atoms with E-state index >= 15 is 0 Å². The van der Waals surface area contributed by atoms with Crippen molar-refractivity contribution in [1.29, 1.82) is 0 Å². The van der Waals surface area contributed by atoms with Gasteiger partial charge in [0.15, 0.2) is 6.33 Å². The first-order chi connectivity index (χ1) is 8.43. The largest absolute Gasteiger partial charge is 0.387 e. The first kappa shape index (κ1) is 12.9. The Balaban J connectivity index is 2.02. The lowest BCUT2D eigenvalue weighted by molar-refractivity contribution is -0.132. The van der Waals surface area contributed by atoms with Crippen LogP contribution in [-0.2, 0) is 11.3 Å². The van der Waals surface area contributed by atoms with Crippen molar-refractivity contribution in [3.05, 3.63) is 6.33 Å². The number of hydrogen-bond acceptors (Lipinski definition) is 5. The normalized spacial score (nSPS) is 28.1. The molecular weight excluding hydrogens is 234 g/mol. The van der Waals surface area contributed by atoms with Crippen molar-refractivity contribution in [3.63, 3.8) is 0 Å². The number of likely N-dealkylation sites (tertiary alicyclic amines) is 1. The van der Waals surface area contributed by atoms with Gasteiger partial charge in [-0.15, -0.1) is 10.2 Å². The van der Waals surface area contributed by atoms with Gasteiger partial charge in [-0.3, -0.25) is 4.79 Å².